The van der Waals surface area contributed by atoms with Crippen molar-refractivity contribution >= 4 is 36.5 Å². The Hall–Kier alpha value is -0.386. The zero-order chi connectivity index (χ0) is 11.7. The molecule has 1 rings (SSSR count). The lowest BCUT2D eigenvalue weighted by atomic mass is 10.7. The van der Waals surface area contributed by atoms with Crippen molar-refractivity contribution < 1.29 is 0 Å². The van der Waals surface area contributed by atoms with Crippen LogP contribution in [-0.4, -0.2) is 16.1 Å². The molecule has 0 amide bonds. The summed E-state index contributed by atoms with van der Waals surface area (Å²) in [4.78, 5) is 0. The molecule has 1 aromatic heterocycles. The minimum atomic E-state index is -1.35. The minimum Gasteiger partial charge on any atom is -0.154 e. The Morgan fingerprint density at radius 2 is 1.27 bits per heavy atom. The molecule has 0 bridgehead atoms. The van der Waals surface area contributed by atoms with Gasteiger partial charge in [-0.25, -0.2) is 0 Å². The van der Waals surface area contributed by atoms with Crippen molar-refractivity contribution in [2.24, 2.45) is 0 Å². The fourth-order valence-electron chi connectivity index (χ4n) is 1.23. The molecule has 0 unspecified atom stereocenters. The van der Waals surface area contributed by atoms with E-state index in [1.165, 1.54) is 9.00 Å². The van der Waals surface area contributed by atoms with E-state index in [2.05, 4.69) is 62.9 Å². The second-order valence-corrected chi connectivity index (χ2v) is 15.6. The lowest BCUT2D eigenvalue weighted by Gasteiger charge is -2.17. The van der Waals surface area contributed by atoms with Gasteiger partial charge < -0.3 is 0 Å². The summed E-state index contributed by atoms with van der Waals surface area (Å²) in [6.07, 6.45) is 0. The van der Waals surface area contributed by atoms with Crippen molar-refractivity contribution in [3.8, 4) is 0 Å². The SMILES string of the molecule is C=C[Si](C)(C)c1ccc([Si](C)(C)C=C)s1. The van der Waals surface area contributed by atoms with Crippen LogP contribution in [0.25, 0.3) is 0 Å². The molecule has 0 N–H and O–H groups in total. The number of thiophene rings is 1. The van der Waals surface area contributed by atoms with Crippen molar-refractivity contribution in [3.63, 3.8) is 0 Å². The Labute approximate surface area is 99.4 Å². The molecule has 0 atom stereocenters. The predicted molar refractivity (Wildman–Crippen MR) is 78.9 cm³/mol. The third-order valence-corrected chi connectivity index (χ3v) is 12.3. The maximum absolute atomic E-state index is 3.96. The maximum atomic E-state index is 3.96. The fraction of sp³-hybridized carbons (Fsp3) is 0.333. The number of rotatable bonds is 4. The van der Waals surface area contributed by atoms with E-state index in [0.29, 0.717) is 0 Å². The normalized spacial score (nSPS) is 12.5. The molecule has 1 heterocycles. The largest absolute Gasteiger partial charge is 0.154 e. The molecule has 0 radical (unpaired) electrons. The van der Waals surface area contributed by atoms with Crippen LogP contribution in [0.15, 0.2) is 36.7 Å². The van der Waals surface area contributed by atoms with Crippen molar-refractivity contribution in [2.75, 3.05) is 0 Å². The van der Waals surface area contributed by atoms with Crippen LogP contribution in [-0.2, 0) is 0 Å². The van der Waals surface area contributed by atoms with Gasteiger partial charge >= 0.3 is 0 Å². The smallest absolute Gasteiger partial charge is 0.116 e. The van der Waals surface area contributed by atoms with Crippen LogP contribution in [0, 0.1) is 0 Å². The molecule has 3 heteroatoms. The Morgan fingerprint density at radius 3 is 1.53 bits per heavy atom. The topological polar surface area (TPSA) is 0 Å². The first-order valence-corrected chi connectivity index (χ1v) is 12.2. The van der Waals surface area contributed by atoms with Crippen LogP contribution in [0.4, 0.5) is 0 Å². The van der Waals surface area contributed by atoms with E-state index in [-0.39, 0.29) is 0 Å². The molecule has 0 nitrogen and oxygen atoms in total. The van der Waals surface area contributed by atoms with E-state index in [4.69, 9.17) is 0 Å². The van der Waals surface area contributed by atoms with Crippen molar-refractivity contribution in [2.45, 2.75) is 26.2 Å². The maximum Gasteiger partial charge on any atom is 0.116 e. The third-order valence-electron chi connectivity index (χ3n) is 2.90. The minimum absolute atomic E-state index is 1.35. The Balaban J connectivity index is 3.10. The molecular weight excluding hydrogens is 232 g/mol. The van der Waals surface area contributed by atoms with Crippen molar-refractivity contribution in [1.82, 2.24) is 0 Å². The molecule has 0 saturated carbocycles. The highest BCUT2D eigenvalue weighted by Crippen LogP contribution is 2.12. The van der Waals surface area contributed by atoms with Gasteiger partial charge in [0.05, 0.1) is 0 Å². The predicted octanol–water partition coefficient (Wildman–Crippen LogP) is 3.03. The first kappa shape index (κ1) is 12.7. The summed E-state index contributed by atoms with van der Waals surface area (Å²) in [6.45, 7) is 17.3. The van der Waals surface area contributed by atoms with Crippen LogP contribution in [0.3, 0.4) is 0 Å². The molecule has 0 saturated heterocycles. The summed E-state index contributed by atoms with van der Waals surface area (Å²) >= 11 is 1.98. The van der Waals surface area contributed by atoms with Crippen LogP contribution in [0.2, 0.25) is 26.2 Å². The highest BCUT2D eigenvalue weighted by atomic mass is 32.1. The second kappa shape index (κ2) is 4.24. The average Bonchev–Trinajstić information content (AvgIpc) is 2.67. The van der Waals surface area contributed by atoms with Crippen LogP contribution in [0.5, 0.6) is 0 Å². The van der Waals surface area contributed by atoms with E-state index < -0.39 is 16.1 Å². The van der Waals surface area contributed by atoms with E-state index in [9.17, 15) is 0 Å². The molecular formula is C12H20SSi2. The Morgan fingerprint density at radius 1 is 0.933 bits per heavy atom. The lowest BCUT2D eigenvalue weighted by Crippen LogP contribution is -2.39. The van der Waals surface area contributed by atoms with E-state index in [1.54, 1.807) is 0 Å². The van der Waals surface area contributed by atoms with Gasteiger partial charge in [0.25, 0.3) is 0 Å². The molecule has 0 aliphatic rings. The molecule has 0 aliphatic heterocycles. The van der Waals surface area contributed by atoms with Gasteiger partial charge in [0.1, 0.15) is 16.1 Å². The van der Waals surface area contributed by atoms with Crippen LogP contribution >= 0.6 is 11.3 Å². The summed E-state index contributed by atoms with van der Waals surface area (Å²) in [5, 5.41) is 0. The molecule has 0 spiro atoms. The third kappa shape index (κ3) is 2.59. The fourth-order valence-corrected chi connectivity index (χ4v) is 6.74. The molecule has 1 aromatic rings. The number of hydrogen-bond donors (Lipinski definition) is 0. The Kier molecular flexibility index (Phi) is 3.58. The van der Waals surface area contributed by atoms with E-state index >= 15 is 0 Å². The molecule has 0 aliphatic carbocycles. The molecule has 0 aromatic carbocycles. The van der Waals surface area contributed by atoms with E-state index in [0.717, 1.165) is 0 Å². The molecule has 0 fully saturated rings. The summed E-state index contributed by atoms with van der Waals surface area (Å²) in [5.74, 6) is 0. The van der Waals surface area contributed by atoms with Gasteiger partial charge in [-0.05, 0) is 9.00 Å². The van der Waals surface area contributed by atoms with Gasteiger partial charge in [0.2, 0.25) is 0 Å². The quantitative estimate of drug-likeness (QED) is 0.723. The van der Waals surface area contributed by atoms with Gasteiger partial charge in [-0.2, -0.15) is 11.3 Å². The van der Waals surface area contributed by atoms with Gasteiger partial charge in [-0.15, -0.1) is 13.2 Å². The average molecular weight is 253 g/mol. The zero-order valence-corrected chi connectivity index (χ0v) is 12.9. The lowest BCUT2D eigenvalue weighted by molar-refractivity contribution is 1.85. The number of hydrogen-bond acceptors (Lipinski definition) is 1. The van der Waals surface area contributed by atoms with Gasteiger partial charge in [-0.3, -0.25) is 0 Å². The summed E-state index contributed by atoms with van der Waals surface area (Å²) in [5.41, 5.74) is 4.32. The summed E-state index contributed by atoms with van der Waals surface area (Å²) < 4.78 is 3.07. The zero-order valence-electron chi connectivity index (χ0n) is 10.1. The van der Waals surface area contributed by atoms with Gasteiger partial charge in [0, 0.05) is 0 Å². The summed E-state index contributed by atoms with van der Waals surface area (Å²) in [7, 11) is -2.71. The second-order valence-electron chi connectivity index (χ2n) is 5.02. The first-order chi connectivity index (χ1) is 6.83. The standard InChI is InChI=1S/C12H20SSi2/c1-7-14(3,4)11-9-10-12(13-11)15(5,6)8-2/h7-10H,1-2H2,3-6H3. The highest BCUT2D eigenvalue weighted by molar-refractivity contribution is 7.36. The van der Waals surface area contributed by atoms with Crippen LogP contribution < -0.4 is 9.00 Å². The van der Waals surface area contributed by atoms with Gasteiger partial charge in [0.15, 0.2) is 0 Å². The summed E-state index contributed by atoms with van der Waals surface area (Å²) in [6, 6.07) is 4.60. The first-order valence-electron chi connectivity index (χ1n) is 5.21. The van der Waals surface area contributed by atoms with Crippen LogP contribution in [0.1, 0.15) is 0 Å². The van der Waals surface area contributed by atoms with E-state index in [1.807, 2.05) is 11.3 Å². The highest BCUT2D eigenvalue weighted by Gasteiger charge is 2.26. The van der Waals surface area contributed by atoms with Gasteiger partial charge in [-0.1, -0.05) is 49.7 Å². The molecule has 15 heavy (non-hydrogen) atoms. The monoisotopic (exact) mass is 252 g/mol. The Bertz CT molecular complexity index is 340. The van der Waals surface area contributed by atoms with Crippen molar-refractivity contribution in [3.05, 3.63) is 36.7 Å². The molecule has 82 valence electrons. The van der Waals surface area contributed by atoms with Crippen molar-refractivity contribution in [1.29, 1.82) is 0 Å².